The monoisotopic (exact) mass is 344 g/mol. The molecule has 0 heterocycles. The zero-order valence-electron chi connectivity index (χ0n) is 13.2. The predicted molar refractivity (Wildman–Crippen MR) is 90.5 cm³/mol. The van der Waals surface area contributed by atoms with Gasteiger partial charge in [0.1, 0.15) is 0 Å². The van der Waals surface area contributed by atoms with Crippen molar-refractivity contribution in [2.45, 2.75) is 25.2 Å². The average molecular weight is 344 g/mol. The first-order valence-corrected chi connectivity index (χ1v) is 7.73. The molecule has 124 valence electrons. The van der Waals surface area contributed by atoms with Gasteiger partial charge in [-0.1, -0.05) is 43.4 Å². The summed E-state index contributed by atoms with van der Waals surface area (Å²) < 4.78 is 0. The number of carbonyl (C=O) groups is 1. The summed E-state index contributed by atoms with van der Waals surface area (Å²) in [5, 5.41) is 0. The fraction of sp³-hybridized carbons (Fsp3) is 0.190. The van der Waals surface area contributed by atoms with E-state index in [1.165, 1.54) is 18.4 Å². The van der Waals surface area contributed by atoms with E-state index >= 15 is 0 Å². The minimum atomic E-state index is 0. The van der Waals surface area contributed by atoms with Crippen molar-refractivity contribution < 1.29 is 21.9 Å². The van der Waals surface area contributed by atoms with Crippen LogP contribution in [-0.4, -0.2) is 5.78 Å². The van der Waals surface area contributed by atoms with Crippen molar-refractivity contribution in [1.29, 1.82) is 0 Å². The van der Waals surface area contributed by atoms with E-state index in [0.29, 0.717) is 5.41 Å². The quantitative estimate of drug-likeness (QED) is 0.367. The van der Waals surface area contributed by atoms with E-state index in [9.17, 15) is 4.79 Å². The second kappa shape index (κ2) is 7.59. The van der Waals surface area contributed by atoms with Gasteiger partial charge in [0.05, 0.1) is 0 Å². The number of hydrogen-bond acceptors (Lipinski definition) is 1. The molecule has 0 unspecified atom stereocenters. The Bertz CT molecular complexity index is 705. The Morgan fingerprint density at radius 3 is 2.09 bits per heavy atom. The van der Waals surface area contributed by atoms with Gasteiger partial charge in [-0.2, -0.15) is 29.8 Å². The molecular formula is C21H20FeO-6. The molecule has 3 aromatic carbocycles. The van der Waals surface area contributed by atoms with Gasteiger partial charge in [0.15, 0.2) is 0 Å². The van der Waals surface area contributed by atoms with Gasteiger partial charge in [0.2, 0.25) is 0 Å². The molecule has 1 aliphatic rings. The van der Waals surface area contributed by atoms with Crippen molar-refractivity contribution in [2.24, 2.45) is 0 Å². The average Bonchev–Trinajstić information content (AvgIpc) is 3.05. The van der Waals surface area contributed by atoms with Crippen molar-refractivity contribution in [3.05, 3.63) is 95.6 Å². The van der Waals surface area contributed by atoms with Crippen LogP contribution >= 0.6 is 0 Å². The van der Waals surface area contributed by atoms with Gasteiger partial charge < -0.3 is 46.0 Å². The standard InChI is InChI=1S/C12H9O.C9H11.Fe/c13-12(11-8-4-5-9-11)10-6-2-1-3-7-10;1-9(6-7-9)8-4-2-3-5-8;/h1-9H;2-5H,6-7H2,1H3;/q-5;-1;. The Hall–Kier alpha value is -1.89. The van der Waals surface area contributed by atoms with Crippen LogP contribution in [0.15, 0.2) is 78.9 Å². The second-order valence-corrected chi connectivity index (χ2v) is 6.10. The summed E-state index contributed by atoms with van der Waals surface area (Å²) in [5.41, 5.74) is 3.60. The van der Waals surface area contributed by atoms with Crippen LogP contribution in [0.1, 0.15) is 41.3 Å². The molecule has 0 saturated heterocycles. The minimum Gasteiger partial charge on any atom is -0.644 e. The molecule has 0 radical (unpaired) electrons. The second-order valence-electron chi connectivity index (χ2n) is 6.10. The van der Waals surface area contributed by atoms with E-state index in [2.05, 4.69) is 31.2 Å². The van der Waals surface area contributed by atoms with E-state index in [1.807, 2.05) is 54.6 Å². The first-order valence-electron chi connectivity index (χ1n) is 7.73. The predicted octanol–water partition coefficient (Wildman–Crippen LogP) is 5.09. The Labute approximate surface area is 148 Å². The number of carbonyl (C=O) groups excluding carboxylic acids is 1. The van der Waals surface area contributed by atoms with E-state index < -0.39 is 0 Å². The van der Waals surface area contributed by atoms with Crippen molar-refractivity contribution in [1.82, 2.24) is 0 Å². The Kier molecular flexibility index (Phi) is 5.76. The molecule has 23 heavy (non-hydrogen) atoms. The van der Waals surface area contributed by atoms with Gasteiger partial charge in [0.25, 0.3) is 0 Å². The summed E-state index contributed by atoms with van der Waals surface area (Å²) in [7, 11) is 0. The third kappa shape index (κ3) is 4.31. The molecule has 4 rings (SSSR count). The van der Waals surface area contributed by atoms with E-state index in [0.717, 1.165) is 11.1 Å². The van der Waals surface area contributed by atoms with Gasteiger partial charge in [-0.05, 0) is 0 Å². The largest absolute Gasteiger partial charge is 0.644 e. The smallest absolute Gasteiger partial charge is 0 e. The van der Waals surface area contributed by atoms with Crippen molar-refractivity contribution in [3.8, 4) is 0 Å². The molecule has 3 aromatic rings. The zero-order valence-corrected chi connectivity index (χ0v) is 14.3. The van der Waals surface area contributed by atoms with Crippen LogP contribution < -0.4 is 0 Å². The molecule has 0 aromatic heterocycles. The molecule has 0 bridgehead atoms. The summed E-state index contributed by atoms with van der Waals surface area (Å²) in [5.74, 6) is 0.0885. The molecule has 1 aliphatic carbocycles. The first kappa shape index (κ1) is 17.5. The van der Waals surface area contributed by atoms with Gasteiger partial charge in [-0.3, -0.25) is 0 Å². The van der Waals surface area contributed by atoms with E-state index in [4.69, 9.17) is 0 Å². The van der Waals surface area contributed by atoms with Crippen LogP contribution in [0, 0.1) is 0 Å². The zero-order chi connectivity index (χ0) is 15.4. The van der Waals surface area contributed by atoms with Crippen LogP contribution in [-0.2, 0) is 22.5 Å². The van der Waals surface area contributed by atoms with Crippen molar-refractivity contribution in [2.75, 3.05) is 0 Å². The normalized spacial score (nSPS) is 14.1. The molecule has 1 fully saturated rings. The molecule has 1 saturated carbocycles. The molecule has 0 N–H and O–H groups in total. The Morgan fingerprint density at radius 1 is 1.00 bits per heavy atom. The molecule has 0 amide bonds. The summed E-state index contributed by atoms with van der Waals surface area (Å²) in [4.78, 5) is 11.7. The van der Waals surface area contributed by atoms with E-state index in [-0.39, 0.29) is 22.9 Å². The SMILES string of the molecule is CC1([c-]2cccc2)CC1.O=C(c1ccccc1)[c-]1[cH-][cH-][cH-][cH-]1.[Fe]. The number of hydrogen-bond donors (Lipinski definition) is 0. The number of ketones is 1. The molecule has 0 spiro atoms. The maximum Gasteiger partial charge on any atom is 0 e. The third-order valence-corrected chi connectivity index (χ3v) is 4.32. The molecule has 0 atom stereocenters. The van der Waals surface area contributed by atoms with Crippen LogP contribution in [0.5, 0.6) is 0 Å². The van der Waals surface area contributed by atoms with E-state index in [1.54, 1.807) is 0 Å². The first-order chi connectivity index (χ1) is 10.7. The van der Waals surface area contributed by atoms with Crippen molar-refractivity contribution >= 4 is 5.78 Å². The molecule has 2 heteroatoms. The van der Waals surface area contributed by atoms with Gasteiger partial charge in [-0.15, -0.1) is 0 Å². The minimum absolute atomic E-state index is 0. The summed E-state index contributed by atoms with van der Waals surface area (Å²) >= 11 is 0. The van der Waals surface area contributed by atoms with Gasteiger partial charge >= 0.3 is 0 Å². The van der Waals surface area contributed by atoms with Crippen LogP contribution in [0.3, 0.4) is 0 Å². The fourth-order valence-corrected chi connectivity index (χ4v) is 2.53. The van der Waals surface area contributed by atoms with Crippen LogP contribution in [0.25, 0.3) is 0 Å². The number of rotatable bonds is 3. The summed E-state index contributed by atoms with van der Waals surface area (Å²) in [6, 6.07) is 25.4. The maximum atomic E-state index is 11.7. The summed E-state index contributed by atoms with van der Waals surface area (Å²) in [6.07, 6.45) is 2.77. The van der Waals surface area contributed by atoms with Crippen LogP contribution in [0.4, 0.5) is 0 Å². The topological polar surface area (TPSA) is 17.1 Å². The van der Waals surface area contributed by atoms with Gasteiger partial charge in [-0.25, -0.2) is 12.1 Å². The fourth-order valence-electron chi connectivity index (χ4n) is 2.53. The van der Waals surface area contributed by atoms with Gasteiger partial charge in [0, 0.05) is 17.1 Å². The summed E-state index contributed by atoms with van der Waals surface area (Å²) in [6.45, 7) is 2.34. The molecule has 1 nitrogen and oxygen atoms in total. The third-order valence-electron chi connectivity index (χ3n) is 4.32. The molecular weight excluding hydrogens is 324 g/mol. The number of benzene rings is 1. The Balaban J connectivity index is 0.000000169. The maximum absolute atomic E-state index is 11.7. The molecule has 0 aliphatic heterocycles. The van der Waals surface area contributed by atoms with Crippen LogP contribution in [0.2, 0.25) is 0 Å². The Morgan fingerprint density at radius 2 is 1.57 bits per heavy atom. The van der Waals surface area contributed by atoms with Crippen molar-refractivity contribution in [3.63, 3.8) is 0 Å².